The summed E-state index contributed by atoms with van der Waals surface area (Å²) in [6.45, 7) is 9.61. The number of nitrogens with one attached hydrogen (secondary N) is 1. The van der Waals surface area contributed by atoms with E-state index in [1.54, 1.807) is 0 Å². The maximum Gasteiger partial charge on any atom is 0.0591 e. The first-order chi connectivity index (χ1) is 8.20. The minimum absolute atomic E-state index is 0.670. The van der Waals surface area contributed by atoms with Crippen LogP contribution in [0, 0.1) is 11.8 Å². The van der Waals surface area contributed by atoms with Gasteiger partial charge in [0.25, 0.3) is 0 Å². The van der Waals surface area contributed by atoms with Crippen LogP contribution in [0.3, 0.4) is 0 Å². The van der Waals surface area contributed by atoms with Gasteiger partial charge in [0.2, 0.25) is 0 Å². The molecule has 0 aromatic heterocycles. The lowest BCUT2D eigenvalue weighted by atomic mass is 9.84. The average molecular weight is 241 g/mol. The maximum absolute atomic E-state index is 5.62. The second kappa shape index (κ2) is 8.93. The summed E-state index contributed by atoms with van der Waals surface area (Å²) in [5.41, 5.74) is 0. The van der Waals surface area contributed by atoms with E-state index in [9.17, 15) is 0 Å². The minimum atomic E-state index is 0.670. The molecule has 1 fully saturated rings. The topological polar surface area (TPSA) is 21.3 Å². The third kappa shape index (κ3) is 7.05. The Labute approximate surface area is 108 Å². The molecule has 2 heteroatoms. The van der Waals surface area contributed by atoms with E-state index < -0.39 is 0 Å². The molecule has 0 radical (unpaired) electrons. The number of ether oxygens (including phenoxy) is 1. The van der Waals surface area contributed by atoms with Gasteiger partial charge in [0, 0.05) is 19.2 Å². The van der Waals surface area contributed by atoms with E-state index in [0.717, 1.165) is 31.6 Å². The van der Waals surface area contributed by atoms with Gasteiger partial charge in [-0.15, -0.1) is 0 Å². The van der Waals surface area contributed by atoms with E-state index in [1.165, 1.54) is 38.5 Å². The number of hydrogen-bond donors (Lipinski definition) is 1. The van der Waals surface area contributed by atoms with Gasteiger partial charge in [-0.3, -0.25) is 0 Å². The second-order valence-corrected chi connectivity index (χ2v) is 5.94. The Morgan fingerprint density at radius 3 is 2.41 bits per heavy atom. The Kier molecular flexibility index (Phi) is 7.87. The standard InChI is InChI=1S/C15H31NO/c1-13(2)9-11-17-12-10-16-14(3)15-7-5-4-6-8-15/h13-16H,4-12H2,1-3H3. The van der Waals surface area contributed by atoms with Crippen molar-refractivity contribution in [3.63, 3.8) is 0 Å². The summed E-state index contributed by atoms with van der Waals surface area (Å²) >= 11 is 0. The van der Waals surface area contributed by atoms with Gasteiger partial charge in [-0.1, -0.05) is 33.1 Å². The highest BCUT2D eigenvalue weighted by molar-refractivity contribution is 4.75. The minimum Gasteiger partial charge on any atom is -0.380 e. The van der Waals surface area contributed by atoms with Crippen molar-refractivity contribution in [3.05, 3.63) is 0 Å². The lowest BCUT2D eigenvalue weighted by Crippen LogP contribution is -2.36. The van der Waals surface area contributed by atoms with Crippen LogP contribution in [-0.2, 0) is 4.74 Å². The summed E-state index contributed by atoms with van der Waals surface area (Å²) < 4.78 is 5.62. The molecule has 2 nitrogen and oxygen atoms in total. The van der Waals surface area contributed by atoms with Crippen molar-refractivity contribution in [2.45, 2.75) is 65.3 Å². The van der Waals surface area contributed by atoms with Crippen LogP contribution in [0.15, 0.2) is 0 Å². The molecule has 0 amide bonds. The molecule has 17 heavy (non-hydrogen) atoms. The fourth-order valence-corrected chi connectivity index (χ4v) is 2.58. The summed E-state index contributed by atoms with van der Waals surface area (Å²) in [5, 5.41) is 3.62. The first kappa shape index (κ1) is 15.0. The van der Waals surface area contributed by atoms with E-state index in [-0.39, 0.29) is 0 Å². The van der Waals surface area contributed by atoms with Crippen molar-refractivity contribution >= 4 is 0 Å². The van der Waals surface area contributed by atoms with Crippen LogP contribution in [0.1, 0.15) is 59.3 Å². The maximum atomic E-state index is 5.62. The van der Waals surface area contributed by atoms with Crippen LogP contribution >= 0.6 is 0 Å². The van der Waals surface area contributed by atoms with Crippen LogP contribution in [0.25, 0.3) is 0 Å². The summed E-state index contributed by atoms with van der Waals surface area (Å²) in [6, 6.07) is 0.670. The van der Waals surface area contributed by atoms with Crippen LogP contribution in [0.4, 0.5) is 0 Å². The highest BCUT2D eigenvalue weighted by Crippen LogP contribution is 2.26. The smallest absolute Gasteiger partial charge is 0.0591 e. The second-order valence-electron chi connectivity index (χ2n) is 5.94. The van der Waals surface area contributed by atoms with Gasteiger partial charge < -0.3 is 10.1 Å². The summed E-state index contributed by atoms with van der Waals surface area (Å²) in [7, 11) is 0. The van der Waals surface area contributed by atoms with E-state index in [0.29, 0.717) is 6.04 Å². The number of rotatable bonds is 8. The molecule has 1 rings (SSSR count). The largest absolute Gasteiger partial charge is 0.380 e. The fourth-order valence-electron chi connectivity index (χ4n) is 2.58. The zero-order chi connectivity index (χ0) is 12.5. The zero-order valence-corrected chi connectivity index (χ0v) is 12.0. The SMILES string of the molecule is CC(C)CCOCCNC(C)C1CCCCC1. The van der Waals surface area contributed by atoms with Gasteiger partial charge >= 0.3 is 0 Å². The Balaban J connectivity index is 1.94. The monoisotopic (exact) mass is 241 g/mol. The van der Waals surface area contributed by atoms with Crippen LogP contribution in [-0.4, -0.2) is 25.8 Å². The van der Waals surface area contributed by atoms with Crippen molar-refractivity contribution in [3.8, 4) is 0 Å². The third-order valence-electron chi connectivity index (χ3n) is 3.91. The van der Waals surface area contributed by atoms with Crippen molar-refractivity contribution in [2.75, 3.05) is 19.8 Å². The molecule has 1 N–H and O–H groups in total. The normalized spacial score (nSPS) is 19.8. The van der Waals surface area contributed by atoms with Gasteiger partial charge in [-0.25, -0.2) is 0 Å². The van der Waals surface area contributed by atoms with Crippen molar-refractivity contribution in [1.82, 2.24) is 5.32 Å². The van der Waals surface area contributed by atoms with Crippen molar-refractivity contribution in [1.29, 1.82) is 0 Å². The van der Waals surface area contributed by atoms with E-state index in [1.807, 2.05) is 0 Å². The summed E-state index contributed by atoms with van der Waals surface area (Å²) in [5.74, 6) is 1.66. The molecule has 0 bridgehead atoms. The number of hydrogen-bond acceptors (Lipinski definition) is 2. The van der Waals surface area contributed by atoms with Gasteiger partial charge in [-0.05, 0) is 38.0 Å². The fraction of sp³-hybridized carbons (Fsp3) is 1.00. The Hall–Kier alpha value is -0.0800. The predicted molar refractivity (Wildman–Crippen MR) is 74.3 cm³/mol. The lowest BCUT2D eigenvalue weighted by Gasteiger charge is -2.28. The van der Waals surface area contributed by atoms with Crippen LogP contribution in [0.2, 0.25) is 0 Å². The molecule has 1 unspecified atom stereocenters. The quantitative estimate of drug-likeness (QED) is 0.656. The van der Waals surface area contributed by atoms with Gasteiger partial charge in [-0.2, -0.15) is 0 Å². The molecule has 0 saturated heterocycles. The average Bonchev–Trinajstić information content (AvgIpc) is 2.34. The first-order valence-corrected chi connectivity index (χ1v) is 7.51. The molecule has 0 aliphatic heterocycles. The summed E-state index contributed by atoms with van der Waals surface area (Å²) in [4.78, 5) is 0. The molecular formula is C15H31NO. The summed E-state index contributed by atoms with van der Waals surface area (Å²) in [6.07, 6.45) is 8.33. The van der Waals surface area contributed by atoms with Crippen molar-refractivity contribution < 1.29 is 4.74 Å². The van der Waals surface area contributed by atoms with E-state index in [4.69, 9.17) is 4.74 Å². The Bertz CT molecular complexity index is 176. The van der Waals surface area contributed by atoms with Crippen LogP contribution in [0.5, 0.6) is 0 Å². The Morgan fingerprint density at radius 1 is 1.06 bits per heavy atom. The molecule has 0 aromatic carbocycles. The van der Waals surface area contributed by atoms with E-state index >= 15 is 0 Å². The first-order valence-electron chi connectivity index (χ1n) is 7.51. The van der Waals surface area contributed by atoms with Gasteiger partial charge in [0.1, 0.15) is 0 Å². The molecule has 1 atom stereocenters. The van der Waals surface area contributed by atoms with Crippen molar-refractivity contribution in [2.24, 2.45) is 11.8 Å². The Morgan fingerprint density at radius 2 is 1.76 bits per heavy atom. The van der Waals surface area contributed by atoms with E-state index in [2.05, 4.69) is 26.1 Å². The molecule has 0 heterocycles. The zero-order valence-electron chi connectivity index (χ0n) is 12.0. The molecule has 0 aromatic rings. The molecule has 1 aliphatic carbocycles. The van der Waals surface area contributed by atoms with Crippen LogP contribution < -0.4 is 5.32 Å². The van der Waals surface area contributed by atoms with Gasteiger partial charge in [0.15, 0.2) is 0 Å². The molecule has 1 aliphatic rings. The predicted octanol–water partition coefficient (Wildman–Crippen LogP) is 3.61. The molecule has 0 spiro atoms. The molecular weight excluding hydrogens is 210 g/mol. The highest BCUT2D eigenvalue weighted by atomic mass is 16.5. The lowest BCUT2D eigenvalue weighted by molar-refractivity contribution is 0.120. The highest BCUT2D eigenvalue weighted by Gasteiger charge is 2.18. The molecule has 102 valence electrons. The third-order valence-corrected chi connectivity index (χ3v) is 3.91. The molecule has 1 saturated carbocycles. The van der Waals surface area contributed by atoms with Gasteiger partial charge in [0.05, 0.1) is 6.61 Å².